The van der Waals surface area contributed by atoms with Crippen LogP contribution in [-0.4, -0.2) is 65.8 Å². The maximum absolute atomic E-state index is 12.9. The van der Waals surface area contributed by atoms with Crippen molar-refractivity contribution in [2.75, 3.05) is 26.2 Å². The summed E-state index contributed by atoms with van der Waals surface area (Å²) in [5.41, 5.74) is 4.07. The number of carbonyl (C=O) groups is 3. The van der Waals surface area contributed by atoms with Gasteiger partial charge in [0.25, 0.3) is 0 Å². The van der Waals surface area contributed by atoms with Crippen LogP contribution in [-0.2, 0) is 14.3 Å². The fraction of sp³-hybridized carbons (Fsp3) is 0.400. The van der Waals surface area contributed by atoms with Gasteiger partial charge in [-0.05, 0) is 35.1 Å². The van der Waals surface area contributed by atoms with E-state index in [0.717, 1.165) is 54.7 Å². The second-order valence-electron chi connectivity index (χ2n) is 9.17. The van der Waals surface area contributed by atoms with E-state index in [1.807, 2.05) is 48.5 Å². The number of nitrogens with one attached hydrogen (secondary N) is 2. The molecule has 5 rings (SSSR count). The number of nitrogens with zero attached hydrogens (tertiary/aromatic N) is 1. The lowest BCUT2D eigenvalue weighted by molar-refractivity contribution is -0.140. The molecule has 3 aliphatic rings. The number of rotatable bonds is 7. The number of hydrogen-bond donors (Lipinski definition) is 3. The highest BCUT2D eigenvalue weighted by Crippen LogP contribution is 2.44. The van der Waals surface area contributed by atoms with Crippen LogP contribution in [0, 0.1) is 0 Å². The number of hydrogen-bond acceptors (Lipinski definition) is 5. The summed E-state index contributed by atoms with van der Waals surface area (Å²) in [6.07, 6.45) is 0.373. The molecule has 3 N–H and O–H groups in total. The smallest absolute Gasteiger partial charge is 0.407 e. The van der Waals surface area contributed by atoms with Crippen molar-refractivity contribution < 1.29 is 24.2 Å². The maximum Gasteiger partial charge on any atom is 0.407 e. The molecule has 0 aromatic heterocycles. The molecule has 172 valence electrons. The molecule has 1 unspecified atom stereocenters. The number of amides is 2. The highest BCUT2D eigenvalue weighted by molar-refractivity contribution is 5.90. The molecule has 0 spiro atoms. The highest BCUT2D eigenvalue weighted by Gasteiger charge is 2.45. The first-order chi connectivity index (χ1) is 15.9. The number of carbonyl (C=O) groups excluding carboxylic acids is 2. The van der Waals surface area contributed by atoms with E-state index in [4.69, 9.17) is 4.74 Å². The van der Waals surface area contributed by atoms with E-state index in [1.165, 1.54) is 0 Å². The van der Waals surface area contributed by atoms with E-state index in [-0.39, 0.29) is 18.1 Å². The van der Waals surface area contributed by atoms with Gasteiger partial charge in [0.2, 0.25) is 5.91 Å². The Morgan fingerprint density at radius 2 is 1.64 bits per heavy atom. The standard InChI is InChI=1S/C25H27N3O5/c29-22(30)13-21(23(31)27-25-9-11-28(15-25)12-10-25)26-24(32)33-14-20-18-7-3-1-5-16(18)17-6-2-4-8-19(17)20/h1-8,20-21H,9-15H2,(H,26,32)(H,27,31)(H,29,30). The molecule has 1 aliphatic carbocycles. The zero-order valence-corrected chi connectivity index (χ0v) is 18.3. The maximum atomic E-state index is 12.9. The lowest BCUT2D eigenvalue weighted by Gasteiger charge is -2.29. The Morgan fingerprint density at radius 1 is 1.03 bits per heavy atom. The summed E-state index contributed by atoms with van der Waals surface area (Å²) in [4.78, 5) is 39.1. The third-order valence-corrected chi connectivity index (χ3v) is 7.06. The van der Waals surface area contributed by atoms with E-state index >= 15 is 0 Å². The van der Waals surface area contributed by atoms with Crippen molar-refractivity contribution in [3.8, 4) is 11.1 Å². The van der Waals surface area contributed by atoms with Crippen LogP contribution < -0.4 is 10.6 Å². The minimum absolute atomic E-state index is 0.0974. The molecule has 8 nitrogen and oxygen atoms in total. The highest BCUT2D eigenvalue weighted by atomic mass is 16.5. The van der Waals surface area contributed by atoms with Crippen molar-refractivity contribution in [3.05, 3.63) is 59.7 Å². The second kappa shape index (κ2) is 8.51. The first-order valence-electron chi connectivity index (χ1n) is 11.3. The summed E-state index contributed by atoms with van der Waals surface area (Å²) < 4.78 is 5.50. The largest absolute Gasteiger partial charge is 0.481 e. The summed E-state index contributed by atoms with van der Waals surface area (Å²) >= 11 is 0. The summed E-state index contributed by atoms with van der Waals surface area (Å²) in [5.74, 6) is -1.75. The zero-order valence-electron chi connectivity index (χ0n) is 18.3. The van der Waals surface area contributed by atoms with Crippen LogP contribution in [0.1, 0.15) is 36.3 Å². The van der Waals surface area contributed by atoms with Gasteiger partial charge in [0.1, 0.15) is 12.6 Å². The van der Waals surface area contributed by atoms with Crippen LogP contribution in [0.4, 0.5) is 4.79 Å². The molecule has 33 heavy (non-hydrogen) atoms. The van der Waals surface area contributed by atoms with Crippen LogP contribution in [0.3, 0.4) is 0 Å². The quantitative estimate of drug-likeness (QED) is 0.599. The zero-order chi connectivity index (χ0) is 23.0. The van der Waals surface area contributed by atoms with Crippen molar-refractivity contribution in [1.82, 2.24) is 15.5 Å². The first-order valence-corrected chi connectivity index (χ1v) is 11.3. The van der Waals surface area contributed by atoms with E-state index < -0.39 is 30.4 Å². The summed E-state index contributed by atoms with van der Waals surface area (Å²) in [6.45, 7) is 2.71. The molecule has 2 aliphatic heterocycles. The monoisotopic (exact) mass is 449 g/mol. The van der Waals surface area contributed by atoms with Crippen LogP contribution >= 0.6 is 0 Å². The lowest BCUT2D eigenvalue weighted by atomic mass is 9.94. The van der Waals surface area contributed by atoms with Crippen molar-refractivity contribution in [3.63, 3.8) is 0 Å². The topological polar surface area (TPSA) is 108 Å². The lowest BCUT2D eigenvalue weighted by Crippen LogP contribution is -2.56. The van der Waals surface area contributed by atoms with E-state index in [1.54, 1.807) is 0 Å². The Bertz CT molecular complexity index is 1050. The Labute approximate surface area is 191 Å². The van der Waals surface area contributed by atoms with E-state index in [9.17, 15) is 19.5 Å². The number of carboxylic acids is 1. The molecule has 0 radical (unpaired) electrons. The van der Waals surface area contributed by atoms with Crippen LogP contribution in [0.15, 0.2) is 48.5 Å². The van der Waals surface area contributed by atoms with Gasteiger partial charge < -0.3 is 25.4 Å². The predicted octanol–water partition coefficient (Wildman–Crippen LogP) is 2.33. The average molecular weight is 450 g/mol. The van der Waals surface area contributed by atoms with Gasteiger partial charge in [-0.25, -0.2) is 4.79 Å². The van der Waals surface area contributed by atoms with Gasteiger partial charge >= 0.3 is 12.1 Å². The Hall–Kier alpha value is -3.39. The minimum atomic E-state index is -1.19. The molecule has 2 heterocycles. The second-order valence-corrected chi connectivity index (χ2v) is 9.17. The Kier molecular flexibility index (Phi) is 5.54. The Balaban J connectivity index is 1.24. The molecule has 2 aromatic rings. The third-order valence-electron chi connectivity index (χ3n) is 7.06. The summed E-state index contributed by atoms with van der Waals surface area (Å²) in [6, 6.07) is 14.8. The van der Waals surface area contributed by atoms with Gasteiger partial charge in [0.15, 0.2) is 0 Å². The molecule has 2 amide bonds. The first kappa shape index (κ1) is 21.5. The fourth-order valence-electron chi connectivity index (χ4n) is 5.40. The Morgan fingerprint density at radius 3 is 2.18 bits per heavy atom. The van der Waals surface area contributed by atoms with Crippen molar-refractivity contribution in [2.45, 2.75) is 36.8 Å². The van der Waals surface area contributed by atoms with Crippen LogP contribution in [0.5, 0.6) is 0 Å². The average Bonchev–Trinajstić information content (AvgIpc) is 3.48. The minimum Gasteiger partial charge on any atom is -0.481 e. The van der Waals surface area contributed by atoms with Gasteiger partial charge in [0, 0.05) is 25.6 Å². The molecule has 0 saturated carbocycles. The van der Waals surface area contributed by atoms with Crippen molar-refractivity contribution in [1.29, 1.82) is 0 Å². The molecule has 2 bridgehead atoms. The summed E-state index contributed by atoms with van der Waals surface area (Å²) in [5, 5.41) is 14.8. The number of aliphatic carboxylic acids is 1. The van der Waals surface area contributed by atoms with Crippen molar-refractivity contribution in [2.24, 2.45) is 0 Å². The van der Waals surface area contributed by atoms with Gasteiger partial charge in [-0.2, -0.15) is 0 Å². The molecule has 2 saturated heterocycles. The van der Waals surface area contributed by atoms with Crippen molar-refractivity contribution >= 4 is 18.0 Å². The number of ether oxygens (including phenoxy) is 1. The summed E-state index contributed by atoms with van der Waals surface area (Å²) in [7, 11) is 0. The van der Waals surface area contributed by atoms with Crippen LogP contribution in [0.2, 0.25) is 0 Å². The molecule has 2 fully saturated rings. The fourth-order valence-corrected chi connectivity index (χ4v) is 5.40. The molecular weight excluding hydrogens is 422 g/mol. The van der Waals surface area contributed by atoms with Crippen LogP contribution in [0.25, 0.3) is 11.1 Å². The van der Waals surface area contributed by atoms with E-state index in [2.05, 4.69) is 15.5 Å². The predicted molar refractivity (Wildman–Crippen MR) is 121 cm³/mol. The number of benzene rings is 2. The normalized spacial score (nSPS) is 23.5. The van der Waals surface area contributed by atoms with Gasteiger partial charge in [-0.15, -0.1) is 0 Å². The number of piperidine rings is 1. The number of alkyl carbamates (subject to hydrolysis) is 1. The molecule has 2 aromatic carbocycles. The number of carboxylic acid groups (broad SMARTS) is 1. The SMILES string of the molecule is O=C(O)CC(NC(=O)OCC1c2ccccc2-c2ccccc21)C(=O)NC12CCN(CC1)C2. The molecular formula is C25H27N3O5. The molecule has 8 heteroatoms. The number of fused-ring (bicyclic) bond motifs is 5. The van der Waals surface area contributed by atoms with Gasteiger partial charge in [0.05, 0.1) is 12.0 Å². The van der Waals surface area contributed by atoms with Gasteiger partial charge in [-0.3, -0.25) is 9.59 Å². The third kappa shape index (κ3) is 4.18. The molecule has 1 atom stereocenters. The van der Waals surface area contributed by atoms with Gasteiger partial charge in [-0.1, -0.05) is 48.5 Å². The van der Waals surface area contributed by atoms with E-state index in [0.29, 0.717) is 0 Å².